The number of fused-ring (bicyclic) bond motifs is 6. The minimum Gasteiger partial charge on any atom is -0.0622 e. The van der Waals surface area contributed by atoms with E-state index in [1.54, 1.807) is 23.1 Å². The van der Waals surface area contributed by atoms with Crippen molar-refractivity contribution in [1.29, 1.82) is 0 Å². The van der Waals surface area contributed by atoms with E-state index in [0.29, 0.717) is 5.92 Å². The molecule has 4 fully saturated rings. The van der Waals surface area contributed by atoms with E-state index in [1.165, 1.54) is 87.8 Å². The molecule has 8 unspecified atom stereocenters. The second kappa shape index (κ2) is 9.83. The highest BCUT2D eigenvalue weighted by molar-refractivity contribution is 5.85. The maximum Gasteiger partial charge on any atom is 0.0124 e. The molecule has 8 rings (SSSR count). The Bertz CT molecular complexity index is 1270. The number of rotatable bonds is 2. The summed E-state index contributed by atoms with van der Waals surface area (Å²) in [6.07, 6.45) is 19.5. The maximum atomic E-state index is 2.68. The first kappa shape index (κ1) is 23.8. The van der Waals surface area contributed by atoms with Crippen LogP contribution in [0, 0.1) is 41.4 Å². The van der Waals surface area contributed by atoms with Crippen molar-refractivity contribution in [3.8, 4) is 0 Å². The maximum absolute atomic E-state index is 2.68. The van der Waals surface area contributed by atoms with Crippen molar-refractivity contribution < 1.29 is 0 Å². The normalized spacial score (nSPS) is 37.1. The van der Waals surface area contributed by atoms with Gasteiger partial charge in [0.25, 0.3) is 0 Å². The van der Waals surface area contributed by atoms with Crippen LogP contribution in [-0.2, 0) is 0 Å². The van der Waals surface area contributed by atoms with Gasteiger partial charge in [0.05, 0.1) is 0 Å². The van der Waals surface area contributed by atoms with Crippen molar-refractivity contribution in [3.63, 3.8) is 0 Å². The van der Waals surface area contributed by atoms with Crippen LogP contribution in [0.2, 0.25) is 0 Å². The second-order valence-electron chi connectivity index (χ2n) is 14.1. The molecular formula is C38H46. The molecule has 0 radical (unpaired) electrons. The Hall–Kier alpha value is -2.08. The molecule has 5 aliphatic rings. The Morgan fingerprint density at radius 2 is 1.11 bits per heavy atom. The standard InChI is InChI=1S/C38H46/c1-3-12-26(13-4-1)37-33-21-28-16-7-8-17-29(28)22-34(33)38(27-14-5-2-6-15-27)36-24-32-30(23-35(36)37)20-19-25-11-9-10-18-31(25)32/h2,5-8,14-17,21-22,25-26,30-32,35-38H,1,3-4,9-13,18-20,23-24H2. The van der Waals surface area contributed by atoms with Crippen LogP contribution < -0.4 is 0 Å². The lowest BCUT2D eigenvalue weighted by atomic mass is 9.47. The third kappa shape index (κ3) is 3.91. The first-order valence-electron chi connectivity index (χ1n) is 16.4. The van der Waals surface area contributed by atoms with Crippen LogP contribution in [0.15, 0.2) is 66.7 Å². The lowest BCUT2D eigenvalue weighted by molar-refractivity contribution is -0.0339. The van der Waals surface area contributed by atoms with Gasteiger partial charge in [0.1, 0.15) is 0 Å². The van der Waals surface area contributed by atoms with E-state index >= 15 is 0 Å². The predicted molar refractivity (Wildman–Crippen MR) is 159 cm³/mol. The molecule has 0 spiro atoms. The molecule has 0 N–H and O–H groups in total. The van der Waals surface area contributed by atoms with Crippen LogP contribution in [-0.4, -0.2) is 0 Å². The Morgan fingerprint density at radius 1 is 0.447 bits per heavy atom. The number of hydrogen-bond donors (Lipinski definition) is 0. The van der Waals surface area contributed by atoms with Gasteiger partial charge < -0.3 is 0 Å². The summed E-state index contributed by atoms with van der Waals surface area (Å²) in [5, 5.41) is 2.92. The third-order valence-electron chi connectivity index (χ3n) is 12.6. The Balaban J connectivity index is 1.30. The fourth-order valence-corrected chi connectivity index (χ4v) is 11.1. The summed E-state index contributed by atoms with van der Waals surface area (Å²) in [6.45, 7) is 0. The van der Waals surface area contributed by atoms with Crippen LogP contribution in [0.5, 0.6) is 0 Å². The van der Waals surface area contributed by atoms with Crippen molar-refractivity contribution in [3.05, 3.63) is 83.4 Å². The minimum absolute atomic E-state index is 0.575. The smallest absolute Gasteiger partial charge is 0.0124 e. The molecule has 0 bridgehead atoms. The molecular weight excluding hydrogens is 456 g/mol. The van der Waals surface area contributed by atoms with E-state index in [9.17, 15) is 0 Å². The zero-order chi connectivity index (χ0) is 25.1. The van der Waals surface area contributed by atoms with Crippen molar-refractivity contribution in [2.45, 2.75) is 95.3 Å². The Labute approximate surface area is 230 Å². The number of benzene rings is 3. The van der Waals surface area contributed by atoms with E-state index in [1.807, 2.05) is 0 Å². The van der Waals surface area contributed by atoms with Crippen molar-refractivity contribution in [1.82, 2.24) is 0 Å². The van der Waals surface area contributed by atoms with Gasteiger partial charge in [0.2, 0.25) is 0 Å². The van der Waals surface area contributed by atoms with E-state index < -0.39 is 0 Å². The molecule has 0 nitrogen and oxygen atoms in total. The van der Waals surface area contributed by atoms with Gasteiger partial charge in [0, 0.05) is 5.92 Å². The van der Waals surface area contributed by atoms with Gasteiger partial charge in [-0.15, -0.1) is 0 Å². The first-order valence-corrected chi connectivity index (χ1v) is 16.4. The first-order chi connectivity index (χ1) is 18.8. The summed E-state index contributed by atoms with van der Waals surface area (Å²) in [7, 11) is 0. The Morgan fingerprint density at radius 3 is 1.92 bits per heavy atom. The van der Waals surface area contributed by atoms with Gasteiger partial charge in [0.15, 0.2) is 0 Å². The molecule has 5 aliphatic carbocycles. The van der Waals surface area contributed by atoms with Gasteiger partial charge in [-0.25, -0.2) is 0 Å². The summed E-state index contributed by atoms with van der Waals surface area (Å²) in [6, 6.07) is 26.3. The molecule has 0 aliphatic heterocycles. The van der Waals surface area contributed by atoms with Crippen molar-refractivity contribution >= 4 is 10.8 Å². The van der Waals surface area contributed by atoms with Gasteiger partial charge in [-0.1, -0.05) is 105 Å². The number of hydrogen-bond acceptors (Lipinski definition) is 0. The SMILES string of the molecule is c1ccc(C2c3cc4ccccc4cc3C(C3CCCCC3)C3CC4CCC5CCCCC5C4CC23)cc1. The van der Waals surface area contributed by atoms with Gasteiger partial charge in [-0.05, 0) is 120 Å². The molecule has 0 amide bonds. The average Bonchev–Trinajstić information content (AvgIpc) is 2.99. The molecule has 4 saturated carbocycles. The highest BCUT2D eigenvalue weighted by Gasteiger charge is 2.53. The topological polar surface area (TPSA) is 0 Å². The lowest BCUT2D eigenvalue weighted by Crippen LogP contribution is -2.48. The summed E-state index contributed by atoms with van der Waals surface area (Å²) in [5.41, 5.74) is 5.06. The summed E-state index contributed by atoms with van der Waals surface area (Å²) < 4.78 is 0. The van der Waals surface area contributed by atoms with Gasteiger partial charge >= 0.3 is 0 Å². The Kier molecular flexibility index (Phi) is 6.15. The van der Waals surface area contributed by atoms with Crippen LogP contribution in [0.1, 0.15) is 112 Å². The highest BCUT2D eigenvalue weighted by Crippen LogP contribution is 2.64. The molecule has 0 aromatic heterocycles. The lowest BCUT2D eigenvalue weighted by Gasteiger charge is -2.57. The van der Waals surface area contributed by atoms with Crippen LogP contribution in [0.4, 0.5) is 0 Å². The molecule has 0 heteroatoms. The molecule has 3 aromatic carbocycles. The van der Waals surface area contributed by atoms with Gasteiger partial charge in [-0.2, -0.15) is 0 Å². The molecule has 0 saturated heterocycles. The van der Waals surface area contributed by atoms with E-state index in [4.69, 9.17) is 0 Å². The molecule has 8 atom stereocenters. The highest BCUT2D eigenvalue weighted by atomic mass is 14.6. The average molecular weight is 503 g/mol. The summed E-state index contributed by atoms with van der Waals surface area (Å²) in [4.78, 5) is 0. The molecule has 0 heterocycles. The summed E-state index contributed by atoms with van der Waals surface area (Å²) in [5.74, 6) is 8.02. The van der Waals surface area contributed by atoms with E-state index in [0.717, 1.165) is 47.3 Å². The van der Waals surface area contributed by atoms with Crippen LogP contribution in [0.25, 0.3) is 10.8 Å². The quantitative estimate of drug-likeness (QED) is 0.327. The monoisotopic (exact) mass is 502 g/mol. The molecule has 3 aromatic rings. The molecule has 38 heavy (non-hydrogen) atoms. The van der Waals surface area contributed by atoms with Crippen LogP contribution in [0.3, 0.4) is 0 Å². The molecule has 198 valence electrons. The van der Waals surface area contributed by atoms with Crippen molar-refractivity contribution in [2.75, 3.05) is 0 Å². The zero-order valence-corrected chi connectivity index (χ0v) is 23.2. The fourth-order valence-electron chi connectivity index (χ4n) is 11.1. The summed E-state index contributed by atoms with van der Waals surface area (Å²) >= 11 is 0. The minimum atomic E-state index is 0.575. The van der Waals surface area contributed by atoms with E-state index in [2.05, 4.69) is 66.7 Å². The van der Waals surface area contributed by atoms with Gasteiger partial charge in [-0.3, -0.25) is 0 Å². The predicted octanol–water partition coefficient (Wildman–Crippen LogP) is 10.5. The third-order valence-corrected chi connectivity index (χ3v) is 12.6. The second-order valence-corrected chi connectivity index (χ2v) is 14.1. The van der Waals surface area contributed by atoms with Crippen LogP contribution >= 0.6 is 0 Å². The fraction of sp³-hybridized carbons (Fsp3) is 0.579. The van der Waals surface area contributed by atoms with Crippen molar-refractivity contribution in [2.24, 2.45) is 41.4 Å². The zero-order valence-electron chi connectivity index (χ0n) is 23.2. The van der Waals surface area contributed by atoms with E-state index in [-0.39, 0.29) is 0 Å². The largest absolute Gasteiger partial charge is 0.0622 e.